The number of ether oxygens (including phenoxy) is 2. The van der Waals surface area contributed by atoms with Gasteiger partial charge in [0.15, 0.2) is 0 Å². The van der Waals surface area contributed by atoms with Gasteiger partial charge in [0.05, 0.1) is 11.3 Å². The van der Waals surface area contributed by atoms with E-state index in [4.69, 9.17) is 9.47 Å². The van der Waals surface area contributed by atoms with Gasteiger partial charge >= 0.3 is 11.9 Å². The molecule has 4 nitrogen and oxygen atoms in total. The molecule has 0 N–H and O–H groups in total. The second kappa shape index (κ2) is 9.35. The highest BCUT2D eigenvalue weighted by Crippen LogP contribution is 2.30. The number of hydrogen-bond donors (Lipinski definition) is 0. The summed E-state index contributed by atoms with van der Waals surface area (Å²) in [6.45, 7) is 8.89. The van der Waals surface area contributed by atoms with Gasteiger partial charge in [0, 0.05) is 5.56 Å². The van der Waals surface area contributed by atoms with Crippen molar-refractivity contribution >= 4 is 11.9 Å². The number of esters is 2. The van der Waals surface area contributed by atoms with Crippen molar-refractivity contribution in [3.63, 3.8) is 0 Å². The molecule has 0 radical (unpaired) electrons. The Balaban J connectivity index is 1.75. The Hall–Kier alpha value is -3.47. The normalized spacial score (nSPS) is 11.3. The van der Waals surface area contributed by atoms with Crippen molar-refractivity contribution in [2.24, 2.45) is 11.3 Å². The van der Waals surface area contributed by atoms with Crippen LogP contribution < -0.4 is 9.47 Å². The molecule has 3 aromatic rings. The Bertz CT molecular complexity index is 1110. The van der Waals surface area contributed by atoms with Crippen molar-refractivity contribution in [2.75, 3.05) is 0 Å². The van der Waals surface area contributed by atoms with Crippen LogP contribution >= 0.6 is 0 Å². The van der Waals surface area contributed by atoms with Crippen molar-refractivity contribution in [1.82, 2.24) is 0 Å². The van der Waals surface area contributed by atoms with E-state index in [0.29, 0.717) is 28.2 Å². The largest absolute Gasteiger partial charge is 0.426 e. The molecular weight excluding hydrogens is 407 g/mol. The SMILES string of the molecule is CC(C)C(=O)Oc1ccc(-c2ccc(-c3ccc(OC(=O)C(C)(C)C)cc3)c(F)c2)cc1. The van der Waals surface area contributed by atoms with E-state index in [1.165, 1.54) is 6.07 Å². The van der Waals surface area contributed by atoms with Gasteiger partial charge in [-0.25, -0.2) is 4.39 Å². The highest BCUT2D eigenvalue weighted by Gasteiger charge is 2.23. The average molecular weight is 435 g/mol. The molecule has 0 amide bonds. The third-order valence-corrected chi connectivity index (χ3v) is 4.83. The van der Waals surface area contributed by atoms with Crippen LogP contribution in [-0.4, -0.2) is 11.9 Å². The predicted molar refractivity (Wildman–Crippen MR) is 123 cm³/mol. The maximum Gasteiger partial charge on any atom is 0.316 e. The molecule has 0 aliphatic carbocycles. The molecule has 0 saturated heterocycles. The monoisotopic (exact) mass is 434 g/mol. The lowest BCUT2D eigenvalue weighted by Gasteiger charge is -2.16. The summed E-state index contributed by atoms with van der Waals surface area (Å²) in [4.78, 5) is 23.7. The van der Waals surface area contributed by atoms with Crippen LogP contribution in [0.2, 0.25) is 0 Å². The molecule has 5 heteroatoms. The Morgan fingerprint density at radius 3 is 1.75 bits per heavy atom. The second-order valence-corrected chi connectivity index (χ2v) is 8.96. The van der Waals surface area contributed by atoms with Crippen LogP contribution in [0.25, 0.3) is 22.3 Å². The first kappa shape index (κ1) is 23.2. The summed E-state index contributed by atoms with van der Waals surface area (Å²) in [5.74, 6) is -0.327. The Kier molecular flexibility index (Phi) is 6.78. The summed E-state index contributed by atoms with van der Waals surface area (Å²) in [5.41, 5.74) is 2.05. The van der Waals surface area contributed by atoms with Gasteiger partial charge in [0.1, 0.15) is 17.3 Å². The summed E-state index contributed by atoms with van der Waals surface area (Å²) in [5, 5.41) is 0. The molecule has 0 aliphatic rings. The minimum absolute atomic E-state index is 0.212. The summed E-state index contributed by atoms with van der Waals surface area (Å²) >= 11 is 0. The van der Waals surface area contributed by atoms with E-state index in [9.17, 15) is 14.0 Å². The lowest BCUT2D eigenvalue weighted by Crippen LogP contribution is -2.25. The van der Waals surface area contributed by atoms with Gasteiger partial charge in [-0.1, -0.05) is 50.2 Å². The minimum Gasteiger partial charge on any atom is -0.426 e. The second-order valence-electron chi connectivity index (χ2n) is 8.96. The Morgan fingerprint density at radius 2 is 1.25 bits per heavy atom. The third-order valence-electron chi connectivity index (χ3n) is 4.83. The van der Waals surface area contributed by atoms with Crippen LogP contribution in [0.15, 0.2) is 66.7 Å². The van der Waals surface area contributed by atoms with Crippen LogP contribution in [0, 0.1) is 17.2 Å². The summed E-state index contributed by atoms with van der Waals surface area (Å²) in [6.07, 6.45) is 0. The van der Waals surface area contributed by atoms with Crippen molar-refractivity contribution < 1.29 is 23.5 Å². The maximum absolute atomic E-state index is 14.9. The highest BCUT2D eigenvalue weighted by atomic mass is 19.1. The quantitative estimate of drug-likeness (QED) is 0.332. The van der Waals surface area contributed by atoms with E-state index < -0.39 is 5.41 Å². The minimum atomic E-state index is -0.602. The van der Waals surface area contributed by atoms with Crippen LogP contribution in [0.5, 0.6) is 11.5 Å². The van der Waals surface area contributed by atoms with Gasteiger partial charge in [0.25, 0.3) is 0 Å². The topological polar surface area (TPSA) is 52.6 Å². The van der Waals surface area contributed by atoms with Crippen molar-refractivity contribution in [3.05, 3.63) is 72.5 Å². The molecule has 0 fully saturated rings. The zero-order chi connectivity index (χ0) is 23.5. The molecule has 3 rings (SSSR count). The van der Waals surface area contributed by atoms with Gasteiger partial charge in [-0.2, -0.15) is 0 Å². The number of carbonyl (C=O) groups is 2. The first-order valence-corrected chi connectivity index (χ1v) is 10.5. The molecule has 0 atom stereocenters. The summed E-state index contributed by atoms with van der Waals surface area (Å²) in [6, 6.07) is 18.7. The van der Waals surface area contributed by atoms with Crippen molar-refractivity contribution in [1.29, 1.82) is 0 Å². The first-order chi connectivity index (χ1) is 15.0. The Morgan fingerprint density at radius 1 is 0.750 bits per heavy atom. The number of carbonyl (C=O) groups excluding carboxylic acids is 2. The first-order valence-electron chi connectivity index (χ1n) is 10.5. The van der Waals surface area contributed by atoms with Crippen molar-refractivity contribution in [2.45, 2.75) is 34.6 Å². The zero-order valence-electron chi connectivity index (χ0n) is 18.9. The van der Waals surface area contributed by atoms with Crippen LogP contribution in [0.4, 0.5) is 4.39 Å². The molecule has 0 aromatic heterocycles. The zero-order valence-corrected chi connectivity index (χ0v) is 18.9. The lowest BCUT2D eigenvalue weighted by atomic mass is 9.97. The molecule has 0 unspecified atom stereocenters. The van der Waals surface area contributed by atoms with Crippen LogP contribution in [-0.2, 0) is 9.59 Å². The van der Waals surface area contributed by atoms with E-state index in [0.717, 1.165) is 5.56 Å². The van der Waals surface area contributed by atoms with E-state index >= 15 is 0 Å². The van der Waals surface area contributed by atoms with Gasteiger partial charge in [-0.15, -0.1) is 0 Å². The number of hydrogen-bond acceptors (Lipinski definition) is 4. The Labute approximate surface area is 188 Å². The summed E-state index contributed by atoms with van der Waals surface area (Å²) < 4.78 is 25.5. The highest BCUT2D eigenvalue weighted by molar-refractivity contribution is 5.78. The van der Waals surface area contributed by atoms with Crippen LogP contribution in [0.3, 0.4) is 0 Å². The molecule has 0 saturated carbocycles. The van der Waals surface area contributed by atoms with Gasteiger partial charge in [0.2, 0.25) is 0 Å². The smallest absolute Gasteiger partial charge is 0.316 e. The van der Waals surface area contributed by atoms with Gasteiger partial charge < -0.3 is 9.47 Å². The van der Waals surface area contributed by atoms with Gasteiger partial charge in [-0.05, 0) is 67.8 Å². The standard InChI is InChI=1S/C27H27FO4/c1-17(2)25(29)31-21-11-6-18(7-12-21)20-10-15-23(24(28)16-20)19-8-13-22(14-9-19)32-26(30)27(3,4)5/h6-17H,1-5H3. The maximum atomic E-state index is 14.9. The van der Waals surface area contributed by atoms with E-state index in [2.05, 4.69) is 0 Å². The third kappa shape index (κ3) is 5.61. The summed E-state index contributed by atoms with van der Waals surface area (Å²) in [7, 11) is 0. The predicted octanol–water partition coefficient (Wildman–Crippen LogP) is 6.67. The van der Waals surface area contributed by atoms with Crippen molar-refractivity contribution in [3.8, 4) is 33.8 Å². The molecule has 166 valence electrons. The van der Waals surface area contributed by atoms with E-state index in [1.54, 1.807) is 89.2 Å². The molecule has 0 bridgehead atoms. The number of rotatable bonds is 5. The van der Waals surface area contributed by atoms with Crippen LogP contribution in [0.1, 0.15) is 34.6 Å². The fraction of sp³-hybridized carbons (Fsp3) is 0.259. The number of benzene rings is 3. The molecular formula is C27H27FO4. The lowest BCUT2D eigenvalue weighted by molar-refractivity contribution is -0.143. The van der Waals surface area contributed by atoms with Gasteiger partial charge in [-0.3, -0.25) is 9.59 Å². The molecule has 0 aliphatic heterocycles. The number of halogens is 1. The molecule has 32 heavy (non-hydrogen) atoms. The fourth-order valence-electron chi connectivity index (χ4n) is 2.84. The molecule has 0 spiro atoms. The fourth-order valence-corrected chi connectivity index (χ4v) is 2.84. The van der Waals surface area contributed by atoms with E-state index in [-0.39, 0.29) is 23.7 Å². The molecule has 3 aromatic carbocycles. The van der Waals surface area contributed by atoms with E-state index in [1.807, 2.05) is 6.07 Å². The average Bonchev–Trinajstić information content (AvgIpc) is 2.74. The molecule has 0 heterocycles.